The maximum Gasteiger partial charge on any atom is 0.191 e. The molecule has 0 radical (unpaired) electrons. The zero-order chi connectivity index (χ0) is 20.5. The summed E-state index contributed by atoms with van der Waals surface area (Å²) in [6.45, 7) is 11.3. The van der Waals surface area contributed by atoms with E-state index in [1.165, 1.54) is 18.4 Å². The van der Waals surface area contributed by atoms with Gasteiger partial charge in [0.1, 0.15) is 0 Å². The Labute approximate surface area is 181 Å². The summed E-state index contributed by atoms with van der Waals surface area (Å²) >= 11 is 6.31. The highest BCUT2D eigenvalue weighted by molar-refractivity contribution is 6.31. The van der Waals surface area contributed by atoms with Crippen molar-refractivity contribution in [1.29, 1.82) is 0 Å². The number of guanidine groups is 1. The Morgan fingerprint density at radius 1 is 1.14 bits per heavy atom. The number of halogens is 1. The van der Waals surface area contributed by atoms with Crippen LogP contribution in [-0.2, 0) is 6.54 Å². The van der Waals surface area contributed by atoms with E-state index >= 15 is 0 Å². The molecule has 2 N–H and O–H groups in total. The molecule has 0 aliphatic carbocycles. The van der Waals surface area contributed by atoms with Crippen molar-refractivity contribution in [2.24, 2.45) is 10.9 Å². The molecule has 2 fully saturated rings. The summed E-state index contributed by atoms with van der Waals surface area (Å²) in [6, 6.07) is 8.69. The Balaban J connectivity index is 1.35. The molecule has 29 heavy (non-hydrogen) atoms. The Hall–Kier alpha value is -1.56. The molecule has 1 aromatic carbocycles. The molecule has 5 nitrogen and oxygen atoms in total. The highest BCUT2D eigenvalue weighted by Gasteiger charge is 2.22. The van der Waals surface area contributed by atoms with Gasteiger partial charge in [0.05, 0.1) is 0 Å². The van der Waals surface area contributed by atoms with Gasteiger partial charge >= 0.3 is 0 Å². The Bertz CT molecular complexity index is 661. The average molecular weight is 418 g/mol. The van der Waals surface area contributed by atoms with Crippen LogP contribution < -0.4 is 10.6 Å². The third-order valence-electron chi connectivity index (χ3n) is 6.16. The highest BCUT2D eigenvalue weighted by Crippen LogP contribution is 2.22. The van der Waals surface area contributed by atoms with E-state index in [0.717, 1.165) is 69.6 Å². The van der Waals surface area contributed by atoms with Gasteiger partial charge in [0.15, 0.2) is 5.96 Å². The normalized spacial score (nSPS) is 20.6. The van der Waals surface area contributed by atoms with E-state index in [1.54, 1.807) is 0 Å². The molecule has 160 valence electrons. The molecule has 0 amide bonds. The van der Waals surface area contributed by atoms with E-state index < -0.39 is 0 Å². The first-order valence-corrected chi connectivity index (χ1v) is 11.3. The van der Waals surface area contributed by atoms with Gasteiger partial charge in [-0.25, -0.2) is 0 Å². The number of aliphatic imine (C=N–C) groups is 1. The second kappa shape index (κ2) is 11.6. The van der Waals surface area contributed by atoms with Crippen LogP contribution in [0.5, 0.6) is 0 Å². The van der Waals surface area contributed by atoms with Crippen LogP contribution in [0, 0.1) is 5.92 Å². The van der Waals surface area contributed by atoms with Gasteiger partial charge in [-0.05, 0) is 56.3 Å². The lowest BCUT2D eigenvalue weighted by Crippen LogP contribution is -2.49. The van der Waals surface area contributed by atoms with E-state index in [2.05, 4.69) is 44.1 Å². The van der Waals surface area contributed by atoms with Crippen molar-refractivity contribution in [2.75, 3.05) is 46.3 Å². The number of likely N-dealkylation sites (tertiary alicyclic amines) is 2. The Kier molecular flexibility index (Phi) is 8.84. The second-order valence-corrected chi connectivity index (χ2v) is 8.68. The van der Waals surface area contributed by atoms with Crippen LogP contribution in [0.1, 0.15) is 31.2 Å². The summed E-state index contributed by atoms with van der Waals surface area (Å²) < 4.78 is 0. The molecule has 0 saturated carbocycles. The molecule has 3 rings (SSSR count). The smallest absolute Gasteiger partial charge is 0.191 e. The van der Waals surface area contributed by atoms with Crippen LogP contribution in [0.2, 0.25) is 5.02 Å². The predicted octanol–water partition coefficient (Wildman–Crippen LogP) is 3.37. The predicted molar refractivity (Wildman–Crippen MR) is 124 cm³/mol. The van der Waals surface area contributed by atoms with Gasteiger partial charge < -0.3 is 10.6 Å². The molecule has 0 unspecified atom stereocenters. The van der Waals surface area contributed by atoms with Gasteiger partial charge in [0.25, 0.3) is 0 Å². The Morgan fingerprint density at radius 3 is 2.48 bits per heavy atom. The van der Waals surface area contributed by atoms with E-state index in [1.807, 2.05) is 25.3 Å². The zero-order valence-corrected chi connectivity index (χ0v) is 18.5. The number of benzene rings is 1. The lowest BCUT2D eigenvalue weighted by Gasteiger charge is -2.34. The fraction of sp³-hybridized carbons (Fsp3) is 0.609. The van der Waals surface area contributed by atoms with Gasteiger partial charge in [-0.3, -0.25) is 14.8 Å². The molecule has 0 bridgehead atoms. The van der Waals surface area contributed by atoms with Crippen molar-refractivity contribution in [3.05, 3.63) is 47.5 Å². The van der Waals surface area contributed by atoms with E-state index in [9.17, 15) is 0 Å². The topological polar surface area (TPSA) is 42.9 Å². The largest absolute Gasteiger partial charge is 0.356 e. The first-order valence-electron chi connectivity index (χ1n) is 10.9. The first kappa shape index (κ1) is 22.1. The highest BCUT2D eigenvalue weighted by atomic mass is 35.5. The molecule has 0 aromatic heterocycles. The van der Waals surface area contributed by atoms with Crippen molar-refractivity contribution in [2.45, 2.75) is 38.3 Å². The average Bonchev–Trinajstić information content (AvgIpc) is 2.75. The summed E-state index contributed by atoms with van der Waals surface area (Å²) in [4.78, 5) is 9.41. The SMILES string of the molecule is C=CCN1CCC(NC(=NC)NCC2CCN(Cc3ccccc3Cl)CC2)CC1. The summed E-state index contributed by atoms with van der Waals surface area (Å²) in [5.74, 6) is 1.65. The molecule has 6 heteroatoms. The minimum absolute atomic E-state index is 0.514. The number of hydrogen-bond acceptors (Lipinski definition) is 3. The molecule has 2 heterocycles. The molecule has 0 spiro atoms. The number of nitrogens with one attached hydrogen (secondary N) is 2. The zero-order valence-electron chi connectivity index (χ0n) is 17.7. The number of piperidine rings is 2. The number of rotatable bonds is 7. The van der Waals surface area contributed by atoms with Gasteiger partial charge in [-0.2, -0.15) is 0 Å². The van der Waals surface area contributed by atoms with Gasteiger partial charge in [0.2, 0.25) is 0 Å². The van der Waals surface area contributed by atoms with E-state index in [-0.39, 0.29) is 0 Å². The van der Waals surface area contributed by atoms with Gasteiger partial charge in [-0.15, -0.1) is 6.58 Å². The lowest BCUT2D eigenvalue weighted by molar-refractivity contribution is 0.178. The minimum atomic E-state index is 0.514. The van der Waals surface area contributed by atoms with Gasteiger partial charge in [-0.1, -0.05) is 35.9 Å². The molecular formula is C23H36ClN5. The fourth-order valence-electron chi connectivity index (χ4n) is 4.29. The van der Waals surface area contributed by atoms with Crippen LogP contribution in [0.25, 0.3) is 0 Å². The minimum Gasteiger partial charge on any atom is -0.356 e. The van der Waals surface area contributed by atoms with Crippen LogP contribution in [0.4, 0.5) is 0 Å². The second-order valence-electron chi connectivity index (χ2n) is 8.27. The van der Waals surface area contributed by atoms with Crippen molar-refractivity contribution >= 4 is 17.6 Å². The van der Waals surface area contributed by atoms with E-state index in [0.29, 0.717) is 12.0 Å². The summed E-state index contributed by atoms with van der Waals surface area (Å²) in [7, 11) is 1.87. The maximum atomic E-state index is 6.31. The summed E-state index contributed by atoms with van der Waals surface area (Å²) in [6.07, 6.45) is 6.75. The van der Waals surface area contributed by atoms with E-state index in [4.69, 9.17) is 11.6 Å². The van der Waals surface area contributed by atoms with Crippen LogP contribution in [0.3, 0.4) is 0 Å². The van der Waals surface area contributed by atoms with Crippen molar-refractivity contribution in [1.82, 2.24) is 20.4 Å². The standard InChI is InChI=1S/C23H36ClN5/c1-3-12-28-15-10-21(11-16-28)27-23(25-2)26-17-19-8-13-29(14-9-19)18-20-6-4-5-7-22(20)24/h3-7,19,21H,1,8-18H2,2H3,(H2,25,26,27). The quantitative estimate of drug-likeness (QED) is 0.405. The maximum absolute atomic E-state index is 6.31. The van der Waals surface area contributed by atoms with Crippen LogP contribution in [-0.4, -0.2) is 68.1 Å². The van der Waals surface area contributed by atoms with Gasteiger partial charge in [0, 0.05) is 50.8 Å². The molecule has 2 aliphatic heterocycles. The monoisotopic (exact) mass is 417 g/mol. The van der Waals surface area contributed by atoms with Crippen LogP contribution >= 0.6 is 11.6 Å². The van der Waals surface area contributed by atoms with Crippen molar-refractivity contribution in [3.8, 4) is 0 Å². The Morgan fingerprint density at radius 2 is 1.83 bits per heavy atom. The molecule has 0 atom stereocenters. The third-order valence-corrected chi connectivity index (χ3v) is 6.53. The fourth-order valence-corrected chi connectivity index (χ4v) is 4.48. The molecule has 1 aromatic rings. The van der Waals surface area contributed by atoms with Crippen molar-refractivity contribution < 1.29 is 0 Å². The lowest BCUT2D eigenvalue weighted by atomic mass is 9.96. The number of hydrogen-bond donors (Lipinski definition) is 2. The molecule has 2 saturated heterocycles. The molecule has 2 aliphatic rings. The summed E-state index contributed by atoms with van der Waals surface area (Å²) in [5, 5.41) is 8.06. The van der Waals surface area contributed by atoms with Crippen LogP contribution in [0.15, 0.2) is 41.9 Å². The third kappa shape index (κ3) is 7.02. The first-order chi connectivity index (χ1) is 14.2. The van der Waals surface area contributed by atoms with Crippen molar-refractivity contribution in [3.63, 3.8) is 0 Å². The summed E-state index contributed by atoms with van der Waals surface area (Å²) in [5.41, 5.74) is 1.23. The number of nitrogens with zero attached hydrogens (tertiary/aromatic N) is 3. The molecular weight excluding hydrogens is 382 g/mol.